The van der Waals surface area contributed by atoms with Crippen LogP contribution in [0.25, 0.3) is 11.3 Å². The molecule has 0 radical (unpaired) electrons. The second-order valence-electron chi connectivity index (χ2n) is 3.71. The maximum atomic E-state index is 5.99. The van der Waals surface area contributed by atoms with Crippen molar-refractivity contribution in [2.75, 3.05) is 7.05 Å². The number of rotatable bonds is 3. The van der Waals surface area contributed by atoms with E-state index < -0.39 is 0 Å². The van der Waals surface area contributed by atoms with Gasteiger partial charge >= 0.3 is 0 Å². The van der Waals surface area contributed by atoms with Crippen molar-refractivity contribution in [3.8, 4) is 11.3 Å². The molecule has 0 aliphatic heterocycles. The molecular weight excluding hydrogens is 255 g/mol. The molecule has 0 aliphatic rings. The van der Waals surface area contributed by atoms with Gasteiger partial charge in [0.05, 0.1) is 15.7 Å². The maximum Gasteiger partial charge on any atom is 0.0705 e. The van der Waals surface area contributed by atoms with Crippen molar-refractivity contribution < 1.29 is 0 Å². The molecule has 2 rings (SSSR count). The number of nitrogens with zero attached hydrogens (tertiary/aromatic N) is 1. The van der Waals surface area contributed by atoms with E-state index in [1.54, 1.807) is 12.3 Å². The zero-order valence-electron chi connectivity index (χ0n) is 9.37. The quantitative estimate of drug-likeness (QED) is 0.915. The Morgan fingerprint density at radius 1 is 1.12 bits per heavy atom. The van der Waals surface area contributed by atoms with Crippen LogP contribution in [0, 0.1) is 0 Å². The maximum absolute atomic E-state index is 5.99. The van der Waals surface area contributed by atoms with Gasteiger partial charge in [0.25, 0.3) is 0 Å². The summed E-state index contributed by atoms with van der Waals surface area (Å²) in [5, 5.41) is 4.21. The van der Waals surface area contributed by atoms with Crippen LogP contribution in [0.3, 0.4) is 0 Å². The third kappa shape index (κ3) is 2.97. The van der Waals surface area contributed by atoms with Crippen molar-refractivity contribution in [2.24, 2.45) is 0 Å². The van der Waals surface area contributed by atoms with Gasteiger partial charge in [-0.1, -0.05) is 29.3 Å². The lowest BCUT2D eigenvalue weighted by Gasteiger charge is -2.05. The highest BCUT2D eigenvalue weighted by molar-refractivity contribution is 6.42. The van der Waals surface area contributed by atoms with Crippen molar-refractivity contribution >= 4 is 23.2 Å². The highest BCUT2D eigenvalue weighted by Gasteiger charge is 2.04. The van der Waals surface area contributed by atoms with Crippen LogP contribution in [0.1, 0.15) is 5.56 Å². The molecule has 0 spiro atoms. The summed E-state index contributed by atoms with van der Waals surface area (Å²) in [6.45, 7) is 0.816. The minimum absolute atomic E-state index is 0.546. The zero-order valence-corrected chi connectivity index (χ0v) is 10.9. The van der Waals surface area contributed by atoms with Crippen molar-refractivity contribution in [3.63, 3.8) is 0 Å². The van der Waals surface area contributed by atoms with Gasteiger partial charge < -0.3 is 5.32 Å². The van der Waals surface area contributed by atoms with E-state index in [1.165, 1.54) is 5.56 Å². The summed E-state index contributed by atoms with van der Waals surface area (Å²) < 4.78 is 0. The van der Waals surface area contributed by atoms with E-state index in [9.17, 15) is 0 Å². The second kappa shape index (κ2) is 5.50. The molecule has 0 saturated heterocycles. The highest BCUT2D eigenvalue weighted by atomic mass is 35.5. The smallest absolute Gasteiger partial charge is 0.0705 e. The van der Waals surface area contributed by atoms with Gasteiger partial charge in [0, 0.05) is 18.3 Å². The molecule has 0 atom stereocenters. The summed E-state index contributed by atoms with van der Waals surface area (Å²) in [6, 6.07) is 9.55. The first-order valence-corrected chi connectivity index (χ1v) is 6.01. The summed E-state index contributed by atoms with van der Waals surface area (Å²) in [6.07, 6.45) is 1.80. The summed E-state index contributed by atoms with van der Waals surface area (Å²) in [4.78, 5) is 4.33. The lowest BCUT2D eigenvalue weighted by atomic mass is 10.1. The number of pyridine rings is 1. The van der Waals surface area contributed by atoms with E-state index in [2.05, 4.69) is 10.3 Å². The molecule has 17 heavy (non-hydrogen) atoms. The number of benzene rings is 1. The molecule has 0 bridgehead atoms. The average molecular weight is 267 g/mol. The molecule has 0 amide bonds. The molecule has 0 aliphatic carbocycles. The molecule has 0 saturated carbocycles. The predicted octanol–water partition coefficient (Wildman–Crippen LogP) is 3.77. The van der Waals surface area contributed by atoms with Crippen LogP contribution in [0.2, 0.25) is 10.0 Å². The van der Waals surface area contributed by atoms with Crippen LogP contribution in [0.4, 0.5) is 0 Å². The Kier molecular flexibility index (Phi) is 4.00. The Bertz CT molecular complexity index is 527. The van der Waals surface area contributed by atoms with Crippen LogP contribution in [-0.2, 0) is 6.54 Å². The molecular formula is C13H12Cl2N2. The number of halogens is 2. The lowest BCUT2D eigenvalue weighted by molar-refractivity contribution is 0.816. The van der Waals surface area contributed by atoms with Crippen LogP contribution in [-0.4, -0.2) is 12.0 Å². The van der Waals surface area contributed by atoms with E-state index in [1.807, 2.05) is 31.3 Å². The van der Waals surface area contributed by atoms with Crippen molar-refractivity contribution in [1.82, 2.24) is 10.3 Å². The standard InChI is InChI=1S/C13H12Cl2N2/c1-16-8-9-4-5-17-13(6-9)10-2-3-11(14)12(15)7-10/h2-7,16H,8H2,1H3. The monoisotopic (exact) mass is 266 g/mol. The minimum atomic E-state index is 0.546. The van der Waals surface area contributed by atoms with Crippen LogP contribution < -0.4 is 5.32 Å². The van der Waals surface area contributed by atoms with Gasteiger partial charge in [0.2, 0.25) is 0 Å². The van der Waals surface area contributed by atoms with Gasteiger partial charge in [-0.05, 0) is 36.9 Å². The molecule has 1 aromatic carbocycles. The minimum Gasteiger partial charge on any atom is -0.316 e. The van der Waals surface area contributed by atoms with Gasteiger partial charge in [-0.3, -0.25) is 4.98 Å². The summed E-state index contributed by atoms with van der Waals surface area (Å²) in [5.41, 5.74) is 3.05. The van der Waals surface area contributed by atoms with Gasteiger partial charge in [-0.25, -0.2) is 0 Å². The fourth-order valence-electron chi connectivity index (χ4n) is 1.60. The molecule has 0 fully saturated rings. The van der Waals surface area contributed by atoms with Crippen LogP contribution in [0.15, 0.2) is 36.5 Å². The summed E-state index contributed by atoms with van der Waals surface area (Å²) in [7, 11) is 1.92. The van der Waals surface area contributed by atoms with Gasteiger partial charge in [-0.2, -0.15) is 0 Å². The first kappa shape index (κ1) is 12.4. The Labute approximate surface area is 111 Å². The fourth-order valence-corrected chi connectivity index (χ4v) is 1.90. The number of hydrogen-bond donors (Lipinski definition) is 1. The first-order valence-electron chi connectivity index (χ1n) is 5.25. The summed E-state index contributed by atoms with van der Waals surface area (Å²) >= 11 is 11.9. The Morgan fingerprint density at radius 2 is 1.94 bits per heavy atom. The van der Waals surface area contributed by atoms with Crippen molar-refractivity contribution in [3.05, 3.63) is 52.1 Å². The van der Waals surface area contributed by atoms with Crippen molar-refractivity contribution in [2.45, 2.75) is 6.54 Å². The molecule has 4 heteroatoms. The molecule has 0 unspecified atom stereocenters. The Hall–Kier alpha value is -1.09. The van der Waals surface area contributed by atoms with Crippen LogP contribution in [0.5, 0.6) is 0 Å². The van der Waals surface area contributed by atoms with Crippen molar-refractivity contribution in [1.29, 1.82) is 0 Å². The average Bonchev–Trinajstić information content (AvgIpc) is 2.33. The Balaban J connectivity index is 2.38. The number of aromatic nitrogens is 1. The number of nitrogens with one attached hydrogen (secondary N) is 1. The zero-order chi connectivity index (χ0) is 12.3. The van der Waals surface area contributed by atoms with E-state index in [0.717, 1.165) is 17.8 Å². The largest absolute Gasteiger partial charge is 0.316 e. The highest BCUT2D eigenvalue weighted by Crippen LogP contribution is 2.27. The third-order valence-corrected chi connectivity index (χ3v) is 3.16. The molecule has 1 aromatic heterocycles. The van der Waals surface area contributed by atoms with Crippen LogP contribution >= 0.6 is 23.2 Å². The van der Waals surface area contributed by atoms with E-state index in [-0.39, 0.29) is 0 Å². The summed E-state index contributed by atoms with van der Waals surface area (Å²) in [5.74, 6) is 0. The van der Waals surface area contributed by atoms with Gasteiger partial charge in [0.1, 0.15) is 0 Å². The van der Waals surface area contributed by atoms with E-state index >= 15 is 0 Å². The molecule has 1 N–H and O–H groups in total. The molecule has 2 aromatic rings. The van der Waals surface area contributed by atoms with Gasteiger partial charge in [-0.15, -0.1) is 0 Å². The molecule has 2 nitrogen and oxygen atoms in total. The molecule has 88 valence electrons. The SMILES string of the molecule is CNCc1ccnc(-c2ccc(Cl)c(Cl)c2)c1. The topological polar surface area (TPSA) is 24.9 Å². The lowest BCUT2D eigenvalue weighted by Crippen LogP contribution is -2.05. The first-order chi connectivity index (χ1) is 8.20. The third-order valence-electron chi connectivity index (χ3n) is 2.42. The Morgan fingerprint density at radius 3 is 2.65 bits per heavy atom. The fraction of sp³-hybridized carbons (Fsp3) is 0.154. The number of hydrogen-bond acceptors (Lipinski definition) is 2. The molecule has 1 heterocycles. The van der Waals surface area contributed by atoms with E-state index in [4.69, 9.17) is 23.2 Å². The second-order valence-corrected chi connectivity index (χ2v) is 4.52. The van der Waals surface area contributed by atoms with E-state index in [0.29, 0.717) is 10.0 Å². The van der Waals surface area contributed by atoms with Gasteiger partial charge in [0.15, 0.2) is 0 Å². The normalized spacial score (nSPS) is 10.5. The predicted molar refractivity (Wildman–Crippen MR) is 72.5 cm³/mol.